The first-order valence-electron chi connectivity index (χ1n) is 10.8. The molecule has 32 heavy (non-hydrogen) atoms. The van der Waals surface area contributed by atoms with E-state index in [1.807, 2.05) is 30.5 Å². The number of hydrogen-bond acceptors (Lipinski definition) is 9. The number of nitrogens with one attached hydrogen (secondary N) is 3. The number of ether oxygens (including phenoxy) is 1. The SMILES string of the molecule is COCCN/C=C(\C=N)c1ccc(-n2nnc3cnc(N[C@H]4CC[C@H](N)CC4)nc32)cc1. The fraction of sp³-hybridized carbons (Fsp3) is 0.409. The van der Waals surface area contributed by atoms with E-state index in [-0.39, 0.29) is 0 Å². The predicted molar refractivity (Wildman–Crippen MR) is 125 cm³/mol. The summed E-state index contributed by atoms with van der Waals surface area (Å²) in [6.07, 6.45) is 8.89. The van der Waals surface area contributed by atoms with Crippen molar-refractivity contribution in [3.8, 4) is 5.69 Å². The first kappa shape index (κ1) is 21.8. The Morgan fingerprint density at radius 3 is 2.75 bits per heavy atom. The molecular formula is C22H29N9O. The van der Waals surface area contributed by atoms with Crippen molar-refractivity contribution in [1.82, 2.24) is 30.3 Å². The zero-order chi connectivity index (χ0) is 22.3. The van der Waals surface area contributed by atoms with E-state index in [2.05, 4.69) is 30.9 Å². The third-order valence-electron chi connectivity index (χ3n) is 5.61. The molecule has 2 heterocycles. The van der Waals surface area contributed by atoms with Crippen molar-refractivity contribution in [1.29, 1.82) is 5.41 Å². The van der Waals surface area contributed by atoms with Crippen molar-refractivity contribution >= 4 is 28.9 Å². The van der Waals surface area contributed by atoms with Gasteiger partial charge in [0.1, 0.15) is 0 Å². The van der Waals surface area contributed by atoms with Crippen molar-refractivity contribution in [2.45, 2.75) is 37.8 Å². The topological polar surface area (TPSA) is 140 Å². The van der Waals surface area contributed by atoms with Crippen LogP contribution in [0.25, 0.3) is 22.4 Å². The van der Waals surface area contributed by atoms with Crippen molar-refractivity contribution in [3.05, 3.63) is 42.2 Å². The molecule has 1 fully saturated rings. The summed E-state index contributed by atoms with van der Waals surface area (Å²) in [5.41, 5.74) is 9.81. The zero-order valence-electron chi connectivity index (χ0n) is 18.2. The Bertz CT molecular complexity index is 1070. The van der Waals surface area contributed by atoms with Crippen LogP contribution in [0.3, 0.4) is 0 Å². The molecule has 1 aromatic carbocycles. The van der Waals surface area contributed by atoms with Gasteiger partial charge in [0.25, 0.3) is 0 Å². The summed E-state index contributed by atoms with van der Waals surface area (Å²) in [7, 11) is 1.66. The van der Waals surface area contributed by atoms with Gasteiger partial charge >= 0.3 is 0 Å². The second kappa shape index (κ2) is 10.3. The minimum atomic E-state index is 0.300. The van der Waals surface area contributed by atoms with Gasteiger partial charge in [-0.2, -0.15) is 9.67 Å². The molecule has 10 nitrogen and oxygen atoms in total. The molecule has 0 spiro atoms. The van der Waals surface area contributed by atoms with Crippen molar-refractivity contribution < 1.29 is 4.74 Å². The lowest BCUT2D eigenvalue weighted by Crippen LogP contribution is -2.33. The minimum absolute atomic E-state index is 0.300. The monoisotopic (exact) mass is 435 g/mol. The Morgan fingerprint density at radius 2 is 2.03 bits per heavy atom. The third kappa shape index (κ3) is 5.09. The van der Waals surface area contributed by atoms with Crippen LogP contribution in [-0.2, 0) is 4.74 Å². The van der Waals surface area contributed by atoms with E-state index in [4.69, 9.17) is 15.9 Å². The molecule has 5 N–H and O–H groups in total. The van der Waals surface area contributed by atoms with E-state index in [1.54, 1.807) is 18.0 Å². The van der Waals surface area contributed by atoms with Gasteiger partial charge < -0.3 is 26.5 Å². The van der Waals surface area contributed by atoms with Crippen molar-refractivity contribution in [2.24, 2.45) is 5.73 Å². The van der Waals surface area contributed by atoms with Gasteiger partial charge in [-0.15, -0.1) is 5.10 Å². The van der Waals surface area contributed by atoms with Gasteiger partial charge in [-0.1, -0.05) is 17.3 Å². The molecule has 1 saturated carbocycles. The summed E-state index contributed by atoms with van der Waals surface area (Å²) in [6, 6.07) is 8.41. The molecule has 1 aliphatic carbocycles. The molecule has 0 unspecified atom stereocenters. The first-order chi connectivity index (χ1) is 15.7. The van der Waals surface area contributed by atoms with E-state index in [0.717, 1.165) is 42.5 Å². The highest BCUT2D eigenvalue weighted by Crippen LogP contribution is 2.22. The third-order valence-corrected chi connectivity index (χ3v) is 5.61. The quantitative estimate of drug-likeness (QED) is 0.296. The van der Waals surface area contributed by atoms with Gasteiger partial charge in [-0.05, 0) is 43.4 Å². The fourth-order valence-electron chi connectivity index (χ4n) is 3.76. The average molecular weight is 436 g/mol. The van der Waals surface area contributed by atoms with Gasteiger partial charge in [0, 0.05) is 43.7 Å². The highest BCUT2D eigenvalue weighted by atomic mass is 16.5. The Kier molecular flexibility index (Phi) is 7.03. The number of hydrogen-bond donors (Lipinski definition) is 4. The van der Waals surface area contributed by atoms with Crippen LogP contribution in [-0.4, -0.2) is 63.5 Å². The minimum Gasteiger partial charge on any atom is -0.388 e. The summed E-state index contributed by atoms with van der Waals surface area (Å²) >= 11 is 0. The average Bonchev–Trinajstić information content (AvgIpc) is 3.24. The van der Waals surface area contributed by atoms with Crippen LogP contribution in [0.4, 0.5) is 5.95 Å². The molecule has 3 aromatic rings. The van der Waals surface area contributed by atoms with Gasteiger partial charge in [0.2, 0.25) is 5.95 Å². The second-order valence-corrected chi connectivity index (χ2v) is 7.90. The van der Waals surface area contributed by atoms with Crippen LogP contribution in [0, 0.1) is 5.41 Å². The normalized spacial score (nSPS) is 19.1. The fourth-order valence-corrected chi connectivity index (χ4v) is 3.76. The van der Waals surface area contributed by atoms with E-state index < -0.39 is 0 Å². The molecule has 0 aliphatic heterocycles. The number of methoxy groups -OCH3 is 1. The number of nitrogens with two attached hydrogens (primary N) is 1. The summed E-state index contributed by atoms with van der Waals surface area (Å²) in [4.78, 5) is 9.07. The number of anilines is 1. The molecule has 0 saturated heterocycles. The van der Waals surface area contributed by atoms with E-state index in [0.29, 0.717) is 42.3 Å². The Balaban J connectivity index is 1.52. The molecule has 0 amide bonds. The van der Waals surface area contributed by atoms with Gasteiger partial charge in [0.05, 0.1) is 18.5 Å². The predicted octanol–water partition coefficient (Wildman–Crippen LogP) is 2.12. The summed E-state index contributed by atoms with van der Waals surface area (Å²) in [5.74, 6) is 0.578. The van der Waals surface area contributed by atoms with Crippen molar-refractivity contribution in [3.63, 3.8) is 0 Å². The number of nitrogens with zero attached hydrogens (tertiary/aromatic N) is 5. The molecule has 168 valence electrons. The summed E-state index contributed by atoms with van der Waals surface area (Å²) in [6.45, 7) is 1.29. The lowest BCUT2D eigenvalue weighted by atomic mass is 9.92. The van der Waals surface area contributed by atoms with Crippen molar-refractivity contribution in [2.75, 3.05) is 25.6 Å². The number of benzene rings is 1. The van der Waals surface area contributed by atoms with Crippen LogP contribution in [0.15, 0.2) is 36.7 Å². The largest absolute Gasteiger partial charge is 0.388 e. The highest BCUT2D eigenvalue weighted by molar-refractivity contribution is 6.08. The maximum Gasteiger partial charge on any atom is 0.225 e. The van der Waals surface area contributed by atoms with Crippen LogP contribution in [0.1, 0.15) is 31.2 Å². The Hall–Kier alpha value is -3.37. The molecule has 0 radical (unpaired) electrons. The number of rotatable bonds is 9. The molecule has 4 rings (SSSR count). The van der Waals surface area contributed by atoms with Gasteiger partial charge in [-0.3, -0.25) is 0 Å². The molecule has 0 atom stereocenters. The summed E-state index contributed by atoms with van der Waals surface area (Å²) in [5, 5.41) is 22.7. The molecule has 10 heteroatoms. The number of aromatic nitrogens is 5. The van der Waals surface area contributed by atoms with Crippen LogP contribution >= 0.6 is 0 Å². The van der Waals surface area contributed by atoms with Gasteiger partial charge in [-0.25, -0.2) is 4.98 Å². The molecule has 0 bridgehead atoms. The highest BCUT2D eigenvalue weighted by Gasteiger charge is 2.19. The maximum absolute atomic E-state index is 7.70. The zero-order valence-corrected chi connectivity index (χ0v) is 18.2. The van der Waals surface area contributed by atoms with Crippen LogP contribution < -0.4 is 16.4 Å². The van der Waals surface area contributed by atoms with Gasteiger partial charge in [0.15, 0.2) is 11.2 Å². The first-order valence-corrected chi connectivity index (χ1v) is 10.8. The van der Waals surface area contributed by atoms with E-state index >= 15 is 0 Å². The van der Waals surface area contributed by atoms with E-state index in [9.17, 15) is 0 Å². The Morgan fingerprint density at radius 1 is 1.25 bits per heavy atom. The van der Waals surface area contributed by atoms with Crippen LogP contribution in [0.5, 0.6) is 0 Å². The lowest BCUT2D eigenvalue weighted by molar-refractivity contribution is 0.203. The standard InChI is InChI=1S/C22H29N9O/c1-32-11-10-25-13-16(12-23)15-2-8-19(9-3-15)31-21-20(29-30-31)14-26-22(28-21)27-18-6-4-17(24)5-7-18/h2-3,8-9,12-14,17-18,23,25H,4-7,10-11,24H2,1H3,(H,26,27,28)/b16-13+,23-12?/t17-,18-. The lowest BCUT2D eigenvalue weighted by Gasteiger charge is -2.26. The Labute approximate surface area is 186 Å². The summed E-state index contributed by atoms with van der Waals surface area (Å²) < 4.78 is 6.73. The van der Waals surface area contributed by atoms with Crippen LogP contribution in [0.2, 0.25) is 0 Å². The van der Waals surface area contributed by atoms with E-state index in [1.165, 1.54) is 6.21 Å². The number of allylic oxidation sites excluding steroid dienone is 1. The molecule has 2 aromatic heterocycles. The number of fused-ring (bicyclic) bond motifs is 1. The maximum atomic E-state index is 7.70. The molecular weight excluding hydrogens is 406 g/mol. The molecule has 1 aliphatic rings. The second-order valence-electron chi connectivity index (χ2n) is 7.90. The smallest absolute Gasteiger partial charge is 0.225 e.